The van der Waals surface area contributed by atoms with E-state index in [0.29, 0.717) is 5.76 Å². The molecule has 2 aromatic rings. The lowest BCUT2D eigenvalue weighted by Crippen LogP contribution is -1.98. The Morgan fingerprint density at radius 1 is 1.54 bits per heavy atom. The van der Waals surface area contributed by atoms with Crippen molar-refractivity contribution in [3.8, 4) is 11.5 Å². The van der Waals surface area contributed by atoms with E-state index in [1.807, 2.05) is 0 Å². The van der Waals surface area contributed by atoms with E-state index < -0.39 is 5.97 Å². The predicted molar refractivity (Wildman–Crippen MR) is 41.0 cm³/mol. The van der Waals surface area contributed by atoms with Crippen LogP contribution >= 0.6 is 0 Å². The number of nitrogens with one attached hydrogen (secondary N) is 1. The molecule has 2 rings (SSSR count). The van der Waals surface area contributed by atoms with Crippen LogP contribution in [-0.4, -0.2) is 26.5 Å². The number of aromatic nitrogens is 3. The zero-order valence-corrected chi connectivity index (χ0v) is 6.39. The second-order valence-electron chi connectivity index (χ2n) is 2.30. The summed E-state index contributed by atoms with van der Waals surface area (Å²) in [4.78, 5) is 10.6. The van der Waals surface area contributed by atoms with Crippen LogP contribution in [0.2, 0.25) is 0 Å². The van der Waals surface area contributed by atoms with Crippen LogP contribution in [0.5, 0.6) is 0 Å². The standard InChI is InChI=1S/C7H5N3O3/c11-7(12)6-5(8-10-9-6)4-2-1-3-13-4/h1-3H,(H,11,12)(H,8,9,10). The maximum atomic E-state index is 10.6. The summed E-state index contributed by atoms with van der Waals surface area (Å²) in [5, 5.41) is 18.1. The molecule has 0 aliphatic heterocycles. The quantitative estimate of drug-likeness (QED) is 0.710. The zero-order valence-electron chi connectivity index (χ0n) is 6.39. The highest BCUT2D eigenvalue weighted by molar-refractivity contribution is 5.91. The molecule has 0 unspecified atom stereocenters. The smallest absolute Gasteiger partial charge is 0.358 e. The molecule has 0 spiro atoms. The molecule has 0 aliphatic carbocycles. The lowest BCUT2D eigenvalue weighted by Gasteiger charge is -1.89. The molecule has 2 N–H and O–H groups in total. The van der Waals surface area contributed by atoms with Crippen molar-refractivity contribution in [2.24, 2.45) is 0 Å². The molecule has 6 heteroatoms. The molecule has 0 atom stereocenters. The molecule has 0 fully saturated rings. The molecule has 0 amide bonds. The maximum absolute atomic E-state index is 10.6. The Kier molecular flexibility index (Phi) is 1.59. The summed E-state index contributed by atoms with van der Waals surface area (Å²) >= 11 is 0. The first-order chi connectivity index (χ1) is 6.29. The first-order valence-electron chi connectivity index (χ1n) is 3.47. The van der Waals surface area contributed by atoms with Gasteiger partial charge in [0.15, 0.2) is 11.5 Å². The minimum Gasteiger partial charge on any atom is -0.476 e. The first kappa shape index (κ1) is 7.53. The van der Waals surface area contributed by atoms with Gasteiger partial charge in [-0.15, -0.1) is 5.10 Å². The summed E-state index contributed by atoms with van der Waals surface area (Å²) in [5.74, 6) is -0.758. The van der Waals surface area contributed by atoms with Crippen LogP contribution in [0.1, 0.15) is 10.5 Å². The summed E-state index contributed by atoms with van der Waals surface area (Å²) in [6.07, 6.45) is 1.44. The third-order valence-electron chi connectivity index (χ3n) is 1.51. The van der Waals surface area contributed by atoms with Crippen molar-refractivity contribution in [1.82, 2.24) is 15.4 Å². The second kappa shape index (κ2) is 2.74. The van der Waals surface area contributed by atoms with Crippen molar-refractivity contribution in [3.63, 3.8) is 0 Å². The fourth-order valence-electron chi connectivity index (χ4n) is 0.965. The molecule has 0 saturated heterocycles. The number of nitrogens with zero attached hydrogens (tertiary/aromatic N) is 2. The highest BCUT2D eigenvalue weighted by Gasteiger charge is 2.18. The van der Waals surface area contributed by atoms with Gasteiger partial charge >= 0.3 is 5.97 Å². The van der Waals surface area contributed by atoms with Gasteiger partial charge in [0, 0.05) is 0 Å². The molecule has 0 aliphatic rings. The van der Waals surface area contributed by atoms with E-state index in [0.717, 1.165) is 0 Å². The molecular formula is C7H5N3O3. The summed E-state index contributed by atoms with van der Waals surface area (Å²) in [6.45, 7) is 0. The van der Waals surface area contributed by atoms with Crippen LogP contribution in [0.3, 0.4) is 0 Å². The Morgan fingerprint density at radius 2 is 2.38 bits per heavy atom. The van der Waals surface area contributed by atoms with E-state index in [-0.39, 0.29) is 11.4 Å². The topological polar surface area (TPSA) is 92.0 Å². The van der Waals surface area contributed by atoms with Crippen molar-refractivity contribution in [2.45, 2.75) is 0 Å². The fraction of sp³-hybridized carbons (Fsp3) is 0. The monoisotopic (exact) mass is 179 g/mol. The number of aromatic carboxylic acids is 1. The van der Waals surface area contributed by atoms with Gasteiger partial charge in [-0.05, 0) is 12.1 Å². The number of carboxylic acid groups (broad SMARTS) is 1. The van der Waals surface area contributed by atoms with Crippen LogP contribution < -0.4 is 0 Å². The Hall–Kier alpha value is -2.11. The predicted octanol–water partition coefficient (Wildman–Crippen LogP) is 0.763. The number of hydrogen-bond donors (Lipinski definition) is 2. The van der Waals surface area contributed by atoms with Gasteiger partial charge in [-0.25, -0.2) is 4.79 Å². The van der Waals surface area contributed by atoms with Gasteiger partial charge in [0.25, 0.3) is 0 Å². The van der Waals surface area contributed by atoms with E-state index in [1.54, 1.807) is 12.1 Å². The number of hydrogen-bond acceptors (Lipinski definition) is 4. The third kappa shape index (κ3) is 1.18. The van der Waals surface area contributed by atoms with Crippen LogP contribution in [-0.2, 0) is 0 Å². The Balaban J connectivity index is 2.52. The lowest BCUT2D eigenvalue weighted by molar-refractivity contribution is 0.0691. The second-order valence-corrected chi connectivity index (χ2v) is 2.30. The van der Waals surface area contributed by atoms with Crippen molar-refractivity contribution in [3.05, 3.63) is 24.1 Å². The Bertz CT molecular complexity index is 418. The van der Waals surface area contributed by atoms with Gasteiger partial charge in [0.1, 0.15) is 0 Å². The minimum absolute atomic E-state index is 0.144. The first-order valence-corrected chi connectivity index (χ1v) is 3.47. The van der Waals surface area contributed by atoms with Gasteiger partial charge < -0.3 is 9.52 Å². The van der Waals surface area contributed by atoms with Crippen molar-refractivity contribution < 1.29 is 14.3 Å². The number of carbonyl (C=O) groups is 1. The SMILES string of the molecule is O=C(O)c1n[nH]nc1-c1ccco1. The molecule has 0 saturated carbocycles. The Labute approximate surface area is 72.2 Å². The summed E-state index contributed by atoms with van der Waals surface area (Å²) in [7, 11) is 0. The Morgan fingerprint density at radius 3 is 3.00 bits per heavy atom. The van der Waals surface area contributed by atoms with Crippen LogP contribution in [0.15, 0.2) is 22.8 Å². The van der Waals surface area contributed by atoms with Crippen LogP contribution in [0.4, 0.5) is 0 Å². The van der Waals surface area contributed by atoms with Crippen molar-refractivity contribution in [1.29, 1.82) is 0 Å². The fourth-order valence-corrected chi connectivity index (χ4v) is 0.965. The minimum atomic E-state index is -1.14. The number of H-pyrrole nitrogens is 1. The zero-order chi connectivity index (χ0) is 9.26. The van der Waals surface area contributed by atoms with E-state index >= 15 is 0 Å². The van der Waals surface area contributed by atoms with Gasteiger partial charge in [-0.1, -0.05) is 0 Å². The molecule has 2 heterocycles. The van der Waals surface area contributed by atoms with E-state index in [2.05, 4.69) is 15.4 Å². The number of aromatic amines is 1. The molecule has 13 heavy (non-hydrogen) atoms. The molecule has 66 valence electrons. The van der Waals surface area contributed by atoms with Gasteiger partial charge in [-0.2, -0.15) is 10.3 Å². The van der Waals surface area contributed by atoms with E-state index in [9.17, 15) is 4.79 Å². The summed E-state index contributed by atoms with van der Waals surface area (Å²) in [6, 6.07) is 3.26. The lowest BCUT2D eigenvalue weighted by atomic mass is 10.2. The molecule has 2 aromatic heterocycles. The van der Waals surface area contributed by atoms with Crippen LogP contribution in [0.25, 0.3) is 11.5 Å². The van der Waals surface area contributed by atoms with Gasteiger partial charge in [0.2, 0.25) is 5.69 Å². The van der Waals surface area contributed by atoms with E-state index in [1.165, 1.54) is 6.26 Å². The molecule has 0 aromatic carbocycles. The number of furan rings is 1. The molecule has 6 nitrogen and oxygen atoms in total. The largest absolute Gasteiger partial charge is 0.476 e. The normalized spacial score (nSPS) is 10.2. The molecule has 0 bridgehead atoms. The van der Waals surface area contributed by atoms with Crippen molar-refractivity contribution >= 4 is 5.97 Å². The van der Waals surface area contributed by atoms with Gasteiger partial charge in [-0.3, -0.25) is 0 Å². The van der Waals surface area contributed by atoms with E-state index in [4.69, 9.17) is 9.52 Å². The highest BCUT2D eigenvalue weighted by atomic mass is 16.4. The average molecular weight is 179 g/mol. The van der Waals surface area contributed by atoms with Crippen LogP contribution in [0, 0.1) is 0 Å². The third-order valence-corrected chi connectivity index (χ3v) is 1.51. The summed E-state index contributed by atoms with van der Waals surface area (Å²) in [5.41, 5.74) is 0.0625. The number of carboxylic acids is 1. The molecular weight excluding hydrogens is 174 g/mol. The summed E-state index contributed by atoms with van der Waals surface area (Å²) < 4.78 is 4.98. The van der Waals surface area contributed by atoms with Gasteiger partial charge in [0.05, 0.1) is 6.26 Å². The number of rotatable bonds is 2. The van der Waals surface area contributed by atoms with Crippen molar-refractivity contribution in [2.75, 3.05) is 0 Å². The average Bonchev–Trinajstić information content (AvgIpc) is 2.74. The highest BCUT2D eigenvalue weighted by Crippen LogP contribution is 2.19. The molecule has 0 radical (unpaired) electrons. The maximum Gasteiger partial charge on any atom is 0.358 e.